The summed E-state index contributed by atoms with van der Waals surface area (Å²) in [4.78, 5) is 25.8. The van der Waals surface area contributed by atoms with Gasteiger partial charge < -0.3 is 23.7 Å². The van der Waals surface area contributed by atoms with E-state index in [0.717, 1.165) is 20.6 Å². The average molecular weight is 2290 g/mol. The van der Waals surface area contributed by atoms with Gasteiger partial charge in [-0.25, -0.2) is 8.78 Å². The summed E-state index contributed by atoms with van der Waals surface area (Å²) in [6, 6.07) is 154. The Morgan fingerprint density at radius 2 is 0.463 bits per heavy atom. The van der Waals surface area contributed by atoms with Crippen LogP contribution in [0.2, 0.25) is 0 Å². The van der Waals surface area contributed by atoms with Crippen molar-refractivity contribution in [1.82, 2.24) is 0 Å². The van der Waals surface area contributed by atoms with Crippen LogP contribution in [0.1, 0.15) is 84.6 Å². The van der Waals surface area contributed by atoms with E-state index in [4.69, 9.17) is 28.9 Å². The summed E-state index contributed by atoms with van der Waals surface area (Å²) in [7, 11) is -1.78. The van der Waals surface area contributed by atoms with Gasteiger partial charge in [0, 0.05) is 60.0 Å². The fraction of sp³-hybridized carbons (Fsp3) is 0.114. The number of nitrogens with zero attached hydrogens (tertiary/aromatic N) is 3. The number of alkyl halides is 14. The Morgan fingerprint density at radius 1 is 0.275 bits per heavy atom. The summed E-state index contributed by atoms with van der Waals surface area (Å²) in [5.41, 5.74) is -12.5. The molecule has 752 valence electrons. The molecule has 0 bridgehead atoms. The second-order valence-corrected chi connectivity index (χ2v) is 42.8. The van der Waals surface area contributed by atoms with Crippen molar-refractivity contribution in [3.8, 4) is 6.07 Å². The van der Waals surface area contributed by atoms with Crippen LogP contribution < -0.4 is 63.7 Å². The first-order chi connectivity index (χ1) is 70.7. The first-order valence-electron chi connectivity index (χ1n) is 46.1. The number of carbonyl (C=O) groups excluding carboxylic acids is 2. The molecule has 0 atom stereocenters. The van der Waals surface area contributed by atoms with E-state index in [1.54, 1.807) is 54.6 Å². The zero-order valence-electron chi connectivity index (χ0n) is 80.8. The molecule has 0 saturated heterocycles. The molecule has 18 rings (SSSR count). The molecule has 18 aromatic rings. The van der Waals surface area contributed by atoms with Gasteiger partial charge in [0.2, 0.25) is 0 Å². The third-order valence-corrected chi connectivity index (χ3v) is 33.8. The first kappa shape index (κ1) is 119. The maximum atomic E-state index is 14.6. The molecule has 5 nitrogen and oxygen atoms in total. The Kier molecular flexibility index (Phi) is 45.6. The number of rotatable bonds is 22. The molecule has 0 fully saturated rings. The monoisotopic (exact) mass is 2290 g/mol. The number of ketones is 2. The first-order valence-corrected chi connectivity index (χ1v) is 52.2. The quantitative estimate of drug-likeness (QED) is 0.0221. The molecule has 0 aliphatic rings. The van der Waals surface area contributed by atoms with Crippen LogP contribution in [-0.2, 0) is 76.9 Å². The van der Waals surface area contributed by atoms with E-state index in [-0.39, 0.29) is 110 Å². The Hall–Kier alpha value is -13.2. The molecule has 26 heteroatoms. The number of nitriles is 1. The zero-order valence-corrected chi connectivity index (χ0v) is 90.5. The second-order valence-electron chi connectivity index (χ2n) is 33.0. The van der Waals surface area contributed by atoms with Crippen LogP contribution in [0.5, 0.6) is 0 Å². The summed E-state index contributed by atoms with van der Waals surface area (Å²) >= 11 is 3.36. The molecule has 0 radical (unpaired) electrons. The topological polar surface area (TPSA) is 106 Å². The number of halogens is 15. The number of hydrogen-bond donors (Lipinski definition) is 0. The van der Waals surface area contributed by atoms with Gasteiger partial charge in [-0.2, -0.15) is 57.9 Å². The van der Waals surface area contributed by atoms with E-state index in [1.807, 2.05) is 18.2 Å². The van der Waals surface area contributed by atoms with Crippen molar-refractivity contribution in [3.05, 3.63) is 540 Å². The van der Waals surface area contributed by atoms with Gasteiger partial charge in [-0.3, -0.25) is 9.59 Å². The fourth-order valence-corrected chi connectivity index (χ4v) is 26.0. The van der Waals surface area contributed by atoms with Crippen molar-refractivity contribution in [1.29, 1.82) is 15.8 Å². The van der Waals surface area contributed by atoms with Crippen LogP contribution in [0, 0.1) is 48.8 Å². The van der Waals surface area contributed by atoms with Crippen molar-refractivity contribution >= 4 is 144 Å². The van der Waals surface area contributed by atoms with E-state index in [0.29, 0.717) is 40.8 Å². The maximum Gasteiger partial charge on any atom is 2.00 e. The van der Waals surface area contributed by atoms with Crippen LogP contribution in [0.3, 0.4) is 0 Å². The van der Waals surface area contributed by atoms with Crippen LogP contribution in [0.4, 0.5) is 61.5 Å². The molecule has 0 aliphatic heterocycles. The molecule has 149 heavy (non-hydrogen) atoms. The predicted molar refractivity (Wildman–Crippen MR) is 578 cm³/mol. The van der Waals surface area contributed by atoms with E-state index in [9.17, 15) is 71.1 Å². The van der Waals surface area contributed by atoms with E-state index in [2.05, 4.69) is 380 Å². The van der Waals surface area contributed by atoms with Gasteiger partial charge >= 0.3 is 55.5 Å². The molecule has 0 heterocycles. The van der Waals surface area contributed by atoms with E-state index < -0.39 is 84.6 Å². The number of aryl methyl sites for hydroxylation is 4. The van der Waals surface area contributed by atoms with Gasteiger partial charge in [0.05, 0.1) is 11.6 Å². The summed E-state index contributed by atoms with van der Waals surface area (Å²) in [6.07, 6.45) is -25.3. The van der Waals surface area contributed by atoms with Gasteiger partial charge in [-0.1, -0.05) is 454 Å². The van der Waals surface area contributed by atoms with Crippen molar-refractivity contribution in [2.24, 2.45) is 0 Å². The maximum absolute atomic E-state index is 14.6. The normalized spacial score (nSPS) is 11.2. The van der Waals surface area contributed by atoms with Crippen molar-refractivity contribution < 1.29 is 111 Å². The van der Waals surface area contributed by atoms with Gasteiger partial charge in [0.25, 0.3) is 0 Å². The smallest absolute Gasteiger partial charge is 0.512 e. The van der Waals surface area contributed by atoms with Crippen LogP contribution in [-0.4, -0.2) is 36.3 Å². The van der Waals surface area contributed by atoms with Crippen molar-refractivity contribution in [2.45, 2.75) is 89.4 Å². The average Bonchev–Trinajstić information content (AvgIpc) is 0.738. The molecule has 18 aromatic carbocycles. The standard InChI is InChI=1S/C25H18F7NO.C24H18BrF7O.4C18H15P.2CN.Pd.Zn/c1-3-16-11-20(23(26,24(27,28)29)25(30,31)32)8-14(2)21(16)12-22(34)19-7-6-17-9-15(13-33)4-5-18(17)10-19;1-3-14-10-18(22(26,23(27,28)29)24(30,31)32)8-13(2)20(14)12-21(33)17-5-4-16-11-19(25)7-6-15(16)9-17;4*1-4-10-16(11-5-1)19(17-12-6-2-7-13-17)18-14-8-3-9-15-18;2*1-2;;/h4-11H,3,12H2,1-2H3;4-11H,3,12H2,1-2H3;4*1-15H;;;;/q;;;;;;2*-1;;+2. The molecule has 0 unspecified atom stereocenters. The fourth-order valence-electron chi connectivity index (χ4n) is 16.4. The minimum absolute atomic E-state index is 0. The summed E-state index contributed by atoms with van der Waals surface area (Å²) in [6.45, 7) is 15.0. The van der Waals surface area contributed by atoms with Gasteiger partial charge in [-0.05, 0) is 213 Å². The SMILES string of the molecule is CCc1cc(C(F)(C(F)(F)F)C(F)(F)F)cc(C)c1CC(=O)c1ccc2cc(Br)ccc2c1.CCc1cc(C(F)(C(F)(F)F)C(F)(F)F)cc(C)c1CC(=O)c1ccc2cc(C#N)ccc2c1.[C-]#N.[C-]#N.[Pd].[Zn+2].c1ccc(P(c2ccccc2)c2ccccc2)cc1.c1ccc(P(c2ccccc2)c2ccccc2)cc1.c1ccc(P(c2ccccc2)c2ccccc2)cc1.c1ccc(P(c2ccccc2)c2ccccc2)cc1. The van der Waals surface area contributed by atoms with Gasteiger partial charge in [0.15, 0.2) is 11.6 Å². The second kappa shape index (κ2) is 57.0. The van der Waals surface area contributed by atoms with Crippen molar-refractivity contribution in [2.75, 3.05) is 0 Å². The molecule has 0 amide bonds. The Labute approximate surface area is 899 Å². The van der Waals surface area contributed by atoms with Crippen molar-refractivity contribution in [3.63, 3.8) is 0 Å². The number of fused-ring (bicyclic) bond motifs is 2. The molecular weight excluding hydrogens is 2190 g/mol. The van der Waals surface area contributed by atoms with Crippen LogP contribution in [0.15, 0.2) is 466 Å². The number of benzene rings is 18. The minimum atomic E-state index is -6.21. The Morgan fingerprint density at radius 3 is 0.658 bits per heavy atom. The molecule has 0 N–H and O–H groups in total. The third-order valence-electron chi connectivity index (χ3n) is 23.5. The van der Waals surface area contributed by atoms with Crippen LogP contribution >= 0.6 is 47.6 Å². The zero-order chi connectivity index (χ0) is 106. The molecule has 0 saturated carbocycles. The summed E-state index contributed by atoms with van der Waals surface area (Å²) in [5, 5.41) is 41.4. The molecule has 0 aliphatic carbocycles. The van der Waals surface area contributed by atoms with E-state index >= 15 is 0 Å². The Balaban J connectivity index is 0.000000200. The number of carbonyl (C=O) groups is 2. The molecular formula is C123H96BrF14N3O2P4PdZn. The van der Waals surface area contributed by atoms with Gasteiger partial charge in [0.1, 0.15) is 0 Å². The molecule has 0 spiro atoms. The summed E-state index contributed by atoms with van der Waals surface area (Å²) in [5.74, 6) is -0.765. The largest absolute Gasteiger partial charge is 2.00 e. The predicted octanol–water partition coefficient (Wildman–Crippen LogP) is 29.5. The number of Topliss-reactive ketones (excluding diaryl/α,β-unsaturated/α-hetero) is 2. The number of hydrogen-bond acceptors (Lipinski definition) is 5. The molecule has 0 aromatic heterocycles. The summed E-state index contributed by atoms with van der Waals surface area (Å²) < 4.78 is 188. The van der Waals surface area contributed by atoms with Gasteiger partial charge in [-0.15, -0.1) is 0 Å². The Bertz CT molecular complexity index is 6470. The third kappa shape index (κ3) is 31.0. The van der Waals surface area contributed by atoms with E-state index in [1.165, 1.54) is 97.4 Å². The minimum Gasteiger partial charge on any atom is -0.512 e. The van der Waals surface area contributed by atoms with Crippen LogP contribution in [0.25, 0.3) is 21.5 Å².